The van der Waals surface area contributed by atoms with Gasteiger partial charge in [-0.05, 0) is 42.5 Å². The zero-order valence-electron chi connectivity index (χ0n) is 22.0. The minimum Gasteiger partial charge on any atom is -0.464 e. The van der Waals surface area contributed by atoms with Crippen LogP contribution in [0.3, 0.4) is 0 Å². The number of nitrogens with one attached hydrogen (secondary N) is 1. The van der Waals surface area contributed by atoms with Crippen LogP contribution in [0.1, 0.15) is 24.5 Å². The van der Waals surface area contributed by atoms with Crippen molar-refractivity contribution in [2.24, 2.45) is 0 Å². The average Bonchev–Trinajstić information content (AvgIpc) is 3.63. The molecule has 2 aromatic heterocycles. The summed E-state index contributed by atoms with van der Waals surface area (Å²) < 4.78 is 8.62. The quantitative estimate of drug-likeness (QED) is 0.238. The zero-order chi connectivity index (χ0) is 26.6. The number of aryl methyl sites for hydroxylation is 1. The molecule has 1 atom stereocenters. The van der Waals surface area contributed by atoms with Gasteiger partial charge in [0, 0.05) is 39.4 Å². The minimum atomic E-state index is -0.228. The lowest BCUT2D eigenvalue weighted by molar-refractivity contribution is 0.260. The van der Waals surface area contributed by atoms with Crippen LogP contribution in [0.25, 0.3) is 49.7 Å². The third-order valence-corrected chi connectivity index (χ3v) is 7.80. The molecule has 1 N–H and O–H groups in total. The molecule has 8 rings (SSSR count). The second-order valence-corrected chi connectivity index (χ2v) is 10.1. The zero-order valence-corrected chi connectivity index (χ0v) is 22.0. The maximum atomic E-state index is 6.37. The highest BCUT2D eigenvalue weighted by Gasteiger charge is 2.27. The van der Waals surface area contributed by atoms with Gasteiger partial charge in [-0.25, -0.2) is 9.97 Å². The number of aromatic nitrogens is 3. The van der Waals surface area contributed by atoms with Crippen molar-refractivity contribution >= 4 is 38.4 Å². The summed E-state index contributed by atoms with van der Waals surface area (Å²) in [5.74, 6) is 1.91. The third-order valence-electron chi connectivity index (χ3n) is 7.80. The fourth-order valence-electron chi connectivity index (χ4n) is 5.92. The largest absolute Gasteiger partial charge is 0.464 e. The molecule has 0 fully saturated rings. The Hall–Kier alpha value is -5.16. The van der Waals surface area contributed by atoms with Crippen molar-refractivity contribution in [1.82, 2.24) is 14.5 Å². The van der Waals surface area contributed by atoms with E-state index in [2.05, 4.69) is 102 Å². The lowest BCUT2D eigenvalue weighted by Crippen LogP contribution is -2.09. The normalized spacial score (nSPS) is 14.4. The van der Waals surface area contributed by atoms with Crippen LogP contribution in [-0.2, 0) is 6.42 Å². The van der Waals surface area contributed by atoms with Gasteiger partial charge in [-0.3, -0.25) is 4.57 Å². The molecule has 5 aromatic carbocycles. The average molecular weight is 519 g/mol. The molecule has 192 valence electrons. The van der Waals surface area contributed by atoms with Gasteiger partial charge in [0.2, 0.25) is 0 Å². The number of imidazole rings is 1. The molecule has 0 radical (unpaired) electrons. The van der Waals surface area contributed by atoms with Gasteiger partial charge >= 0.3 is 0 Å². The van der Waals surface area contributed by atoms with Crippen LogP contribution in [0.2, 0.25) is 0 Å². The van der Waals surface area contributed by atoms with E-state index in [0.29, 0.717) is 0 Å². The van der Waals surface area contributed by atoms with Gasteiger partial charge in [0.1, 0.15) is 11.6 Å². The minimum absolute atomic E-state index is 0.228. The standard InChI is InChI=1S/C35H26N4O/c1-2-31-36-28-14-8-9-15-29(28)39(31)24-18-16-22(17-19-24)33-26-20-21-30-34(32(26)25-12-6-7-13-27(25)37-33)38-35(40-30)23-10-4-3-5-11-23/h3-21,35,38H,2H2,1H3. The van der Waals surface area contributed by atoms with Crippen molar-refractivity contribution in [3.05, 3.63) is 127 Å². The number of anilines is 1. The Morgan fingerprint density at radius 1 is 0.725 bits per heavy atom. The number of rotatable bonds is 4. The van der Waals surface area contributed by atoms with Crippen molar-refractivity contribution in [3.63, 3.8) is 0 Å². The summed E-state index contributed by atoms with van der Waals surface area (Å²) in [5, 5.41) is 7.00. The van der Waals surface area contributed by atoms with Crippen LogP contribution in [0.15, 0.2) is 115 Å². The summed E-state index contributed by atoms with van der Waals surface area (Å²) >= 11 is 0. The molecule has 0 saturated carbocycles. The van der Waals surface area contributed by atoms with Crippen molar-refractivity contribution in [2.75, 3.05) is 5.32 Å². The molecular weight excluding hydrogens is 492 g/mol. The maximum Gasteiger partial charge on any atom is 0.196 e. The molecule has 3 heterocycles. The summed E-state index contributed by atoms with van der Waals surface area (Å²) in [6.07, 6.45) is 0.631. The van der Waals surface area contributed by atoms with Crippen LogP contribution >= 0.6 is 0 Å². The predicted octanol–water partition coefficient (Wildman–Crippen LogP) is 8.46. The number of hydrogen-bond acceptors (Lipinski definition) is 4. The number of para-hydroxylation sites is 3. The Morgan fingerprint density at radius 2 is 1.48 bits per heavy atom. The molecule has 7 aromatic rings. The highest BCUT2D eigenvalue weighted by molar-refractivity contribution is 6.17. The van der Waals surface area contributed by atoms with Crippen LogP contribution in [0.5, 0.6) is 5.75 Å². The molecule has 0 saturated heterocycles. The first-order chi connectivity index (χ1) is 19.8. The number of fused-ring (bicyclic) bond motifs is 6. The van der Waals surface area contributed by atoms with Crippen LogP contribution < -0.4 is 10.1 Å². The SMILES string of the molecule is CCc1nc2ccccc2n1-c1ccc(-c2nc3ccccc3c3c4c(ccc23)OC(c2ccccc2)N4)cc1. The van der Waals surface area contributed by atoms with Crippen LogP contribution in [0.4, 0.5) is 5.69 Å². The molecule has 0 bridgehead atoms. The smallest absolute Gasteiger partial charge is 0.196 e. The molecule has 1 aliphatic rings. The molecule has 5 nitrogen and oxygen atoms in total. The van der Waals surface area contributed by atoms with Gasteiger partial charge in [0.05, 0.1) is 27.9 Å². The van der Waals surface area contributed by atoms with E-state index in [1.54, 1.807) is 0 Å². The Morgan fingerprint density at radius 3 is 2.30 bits per heavy atom. The van der Waals surface area contributed by atoms with E-state index in [1.807, 2.05) is 30.3 Å². The van der Waals surface area contributed by atoms with E-state index in [4.69, 9.17) is 14.7 Å². The van der Waals surface area contributed by atoms with Crippen LogP contribution in [0, 0.1) is 0 Å². The number of hydrogen-bond donors (Lipinski definition) is 1. The molecule has 1 aliphatic heterocycles. The Kier molecular flexibility index (Phi) is 5.10. The predicted molar refractivity (Wildman–Crippen MR) is 162 cm³/mol. The molecule has 40 heavy (non-hydrogen) atoms. The maximum absolute atomic E-state index is 6.37. The molecular formula is C35H26N4O. The number of ether oxygens (including phenoxy) is 1. The lowest BCUT2D eigenvalue weighted by atomic mass is 9.98. The third kappa shape index (κ3) is 3.48. The molecule has 0 spiro atoms. The Labute approximate surface area is 231 Å². The molecule has 1 unspecified atom stereocenters. The van der Waals surface area contributed by atoms with Crippen molar-refractivity contribution in [3.8, 4) is 22.7 Å². The van der Waals surface area contributed by atoms with Gasteiger partial charge in [-0.2, -0.15) is 0 Å². The van der Waals surface area contributed by atoms with E-state index in [0.717, 1.165) is 78.9 Å². The Balaban J connectivity index is 1.28. The topological polar surface area (TPSA) is 52.0 Å². The number of pyridine rings is 1. The van der Waals surface area contributed by atoms with E-state index in [9.17, 15) is 0 Å². The fourth-order valence-corrected chi connectivity index (χ4v) is 5.92. The number of benzene rings is 5. The van der Waals surface area contributed by atoms with Crippen molar-refractivity contribution < 1.29 is 4.74 Å². The monoisotopic (exact) mass is 518 g/mol. The first-order valence-corrected chi connectivity index (χ1v) is 13.7. The van der Waals surface area contributed by atoms with Crippen molar-refractivity contribution in [1.29, 1.82) is 0 Å². The Bertz CT molecular complexity index is 2040. The summed E-state index contributed by atoms with van der Waals surface area (Å²) in [5.41, 5.74) is 8.33. The summed E-state index contributed by atoms with van der Waals surface area (Å²) in [7, 11) is 0. The van der Waals surface area contributed by atoms with Gasteiger partial charge in [0.25, 0.3) is 0 Å². The second-order valence-electron chi connectivity index (χ2n) is 10.1. The van der Waals surface area contributed by atoms with Gasteiger partial charge in [-0.15, -0.1) is 0 Å². The van der Waals surface area contributed by atoms with Gasteiger partial charge in [-0.1, -0.05) is 79.7 Å². The summed E-state index contributed by atoms with van der Waals surface area (Å²) in [6.45, 7) is 2.15. The van der Waals surface area contributed by atoms with Gasteiger partial charge in [0.15, 0.2) is 6.23 Å². The first kappa shape index (κ1) is 22.8. The first-order valence-electron chi connectivity index (χ1n) is 13.7. The lowest BCUT2D eigenvalue weighted by Gasteiger charge is -2.14. The van der Waals surface area contributed by atoms with E-state index in [-0.39, 0.29) is 6.23 Å². The van der Waals surface area contributed by atoms with E-state index in [1.165, 1.54) is 0 Å². The van der Waals surface area contributed by atoms with Crippen LogP contribution in [-0.4, -0.2) is 14.5 Å². The van der Waals surface area contributed by atoms with Crippen molar-refractivity contribution in [2.45, 2.75) is 19.6 Å². The van der Waals surface area contributed by atoms with Gasteiger partial charge < -0.3 is 10.1 Å². The number of nitrogens with zero attached hydrogens (tertiary/aromatic N) is 3. The van der Waals surface area contributed by atoms with E-state index < -0.39 is 0 Å². The summed E-state index contributed by atoms with van der Waals surface area (Å²) in [4.78, 5) is 10.0. The highest BCUT2D eigenvalue weighted by atomic mass is 16.5. The summed E-state index contributed by atoms with van der Waals surface area (Å²) in [6, 6.07) is 39.8. The second kappa shape index (κ2) is 8.95. The van der Waals surface area contributed by atoms with E-state index >= 15 is 0 Å². The highest BCUT2D eigenvalue weighted by Crippen LogP contribution is 2.47. The molecule has 0 aliphatic carbocycles. The molecule has 0 amide bonds. The molecule has 5 heteroatoms. The fraction of sp³-hybridized carbons (Fsp3) is 0.0857.